The molecule has 1 aromatic rings. The van der Waals surface area contributed by atoms with Crippen LogP contribution < -0.4 is 5.49 Å². The second kappa shape index (κ2) is 3.01. The number of rotatable bonds is 1. The summed E-state index contributed by atoms with van der Waals surface area (Å²) in [5, 5.41) is 0. The highest BCUT2D eigenvalue weighted by Gasteiger charge is 1.80. The van der Waals surface area contributed by atoms with Crippen molar-refractivity contribution in [2.75, 3.05) is 7.05 Å². The molecule has 0 amide bonds. The van der Waals surface area contributed by atoms with E-state index < -0.39 is 0 Å². The molecule has 0 aliphatic heterocycles. The number of nitrogens with zero attached hydrogens (tertiary/aromatic N) is 2. The van der Waals surface area contributed by atoms with E-state index in [4.69, 9.17) is 0 Å². The van der Waals surface area contributed by atoms with Crippen molar-refractivity contribution in [2.24, 2.45) is 4.99 Å². The van der Waals surface area contributed by atoms with Gasteiger partial charge in [-0.2, -0.15) is 0 Å². The first-order valence-electron chi connectivity index (χ1n) is 3.11. The maximum Gasteiger partial charge on any atom is 0.131 e. The summed E-state index contributed by atoms with van der Waals surface area (Å²) in [6, 6.07) is 5.82. The van der Waals surface area contributed by atoms with Gasteiger partial charge in [0, 0.05) is 19.4 Å². The zero-order valence-electron chi connectivity index (χ0n) is 5.99. The summed E-state index contributed by atoms with van der Waals surface area (Å²) in [6.07, 6.45) is 3.64. The summed E-state index contributed by atoms with van der Waals surface area (Å²) in [7, 11) is 1.76. The van der Waals surface area contributed by atoms with Crippen molar-refractivity contribution in [1.29, 1.82) is 0 Å². The van der Waals surface area contributed by atoms with E-state index >= 15 is 0 Å². The summed E-state index contributed by atoms with van der Waals surface area (Å²) >= 11 is 0. The number of aromatic nitrogens is 1. The Hall–Kier alpha value is -1.31. The van der Waals surface area contributed by atoms with E-state index in [0.717, 1.165) is 5.49 Å². The van der Waals surface area contributed by atoms with E-state index in [9.17, 15) is 0 Å². The fraction of sp³-hybridized carbons (Fsp3) is 0.125. The lowest BCUT2D eigenvalue weighted by Gasteiger charge is -1.96. The standard InChI is InChI=1S/C8H10N2/c1-3-10-7-5-4-6-8(10)9-2/h3-7H,1H2,2H3/b9-8-. The van der Waals surface area contributed by atoms with Gasteiger partial charge in [-0.05, 0) is 12.1 Å². The Morgan fingerprint density at radius 2 is 2.40 bits per heavy atom. The van der Waals surface area contributed by atoms with Gasteiger partial charge in [-0.1, -0.05) is 12.6 Å². The highest BCUT2D eigenvalue weighted by Crippen LogP contribution is 1.80. The first-order valence-corrected chi connectivity index (χ1v) is 3.11. The molecule has 0 atom stereocenters. The van der Waals surface area contributed by atoms with E-state index in [0.29, 0.717) is 0 Å². The zero-order chi connectivity index (χ0) is 7.40. The molecular weight excluding hydrogens is 124 g/mol. The van der Waals surface area contributed by atoms with Crippen LogP contribution in [0.4, 0.5) is 0 Å². The fourth-order valence-corrected chi connectivity index (χ4v) is 0.791. The van der Waals surface area contributed by atoms with Crippen molar-refractivity contribution in [3.8, 4) is 0 Å². The molecule has 1 heterocycles. The molecule has 2 heteroatoms. The lowest BCUT2D eigenvalue weighted by atomic mass is 10.5. The normalized spacial score (nSPS) is 11.5. The Morgan fingerprint density at radius 1 is 1.60 bits per heavy atom. The minimum Gasteiger partial charge on any atom is -0.310 e. The molecule has 0 N–H and O–H groups in total. The molecule has 0 saturated heterocycles. The van der Waals surface area contributed by atoms with Crippen molar-refractivity contribution in [2.45, 2.75) is 0 Å². The highest BCUT2D eigenvalue weighted by atomic mass is 15.0. The van der Waals surface area contributed by atoms with Crippen LogP contribution in [0, 0.1) is 0 Å². The van der Waals surface area contributed by atoms with Gasteiger partial charge in [0.15, 0.2) is 0 Å². The molecule has 1 rings (SSSR count). The zero-order valence-corrected chi connectivity index (χ0v) is 5.99. The summed E-state index contributed by atoms with van der Waals surface area (Å²) in [5.41, 5.74) is 0.914. The molecule has 10 heavy (non-hydrogen) atoms. The van der Waals surface area contributed by atoms with Crippen molar-refractivity contribution < 1.29 is 0 Å². The van der Waals surface area contributed by atoms with Gasteiger partial charge in [-0.25, -0.2) is 0 Å². The lowest BCUT2D eigenvalue weighted by Crippen LogP contribution is -2.13. The third-order valence-electron chi connectivity index (χ3n) is 1.29. The summed E-state index contributed by atoms with van der Waals surface area (Å²) in [5.74, 6) is 0. The number of hydrogen-bond donors (Lipinski definition) is 0. The van der Waals surface area contributed by atoms with Crippen LogP contribution in [-0.4, -0.2) is 11.6 Å². The minimum atomic E-state index is 0.914. The van der Waals surface area contributed by atoms with Gasteiger partial charge in [0.05, 0.1) is 0 Å². The predicted molar refractivity (Wildman–Crippen MR) is 42.3 cm³/mol. The molecule has 1 aromatic heterocycles. The van der Waals surface area contributed by atoms with E-state index in [-0.39, 0.29) is 0 Å². The molecule has 0 radical (unpaired) electrons. The summed E-state index contributed by atoms with van der Waals surface area (Å²) in [6.45, 7) is 3.64. The van der Waals surface area contributed by atoms with Crippen molar-refractivity contribution in [3.63, 3.8) is 0 Å². The maximum absolute atomic E-state index is 4.03. The molecule has 52 valence electrons. The van der Waals surface area contributed by atoms with Crippen LogP contribution in [0.5, 0.6) is 0 Å². The smallest absolute Gasteiger partial charge is 0.131 e. The monoisotopic (exact) mass is 134 g/mol. The molecule has 0 unspecified atom stereocenters. The molecule has 0 bridgehead atoms. The van der Waals surface area contributed by atoms with Crippen LogP contribution in [0.2, 0.25) is 0 Å². The average molecular weight is 134 g/mol. The average Bonchev–Trinajstić information content (AvgIpc) is 2.04. The fourth-order valence-electron chi connectivity index (χ4n) is 0.791. The molecule has 0 aliphatic rings. The van der Waals surface area contributed by atoms with Crippen molar-refractivity contribution in [1.82, 2.24) is 4.57 Å². The van der Waals surface area contributed by atoms with Gasteiger partial charge in [0.1, 0.15) is 5.49 Å². The Labute approximate surface area is 60.2 Å². The van der Waals surface area contributed by atoms with Crippen LogP contribution in [0.15, 0.2) is 36.0 Å². The molecule has 0 fully saturated rings. The first kappa shape index (κ1) is 6.81. The van der Waals surface area contributed by atoms with Crippen LogP contribution in [0.25, 0.3) is 6.20 Å². The van der Waals surface area contributed by atoms with Crippen molar-refractivity contribution in [3.05, 3.63) is 36.5 Å². The number of hydrogen-bond acceptors (Lipinski definition) is 1. The second-order valence-electron chi connectivity index (χ2n) is 1.87. The lowest BCUT2D eigenvalue weighted by molar-refractivity contribution is 0.992. The molecule has 0 aliphatic carbocycles. The van der Waals surface area contributed by atoms with Gasteiger partial charge >= 0.3 is 0 Å². The van der Waals surface area contributed by atoms with Crippen LogP contribution in [0.1, 0.15) is 0 Å². The quantitative estimate of drug-likeness (QED) is 0.547. The van der Waals surface area contributed by atoms with Gasteiger partial charge in [0.25, 0.3) is 0 Å². The minimum absolute atomic E-state index is 0.914. The molecular formula is C8H10N2. The third-order valence-corrected chi connectivity index (χ3v) is 1.29. The summed E-state index contributed by atoms with van der Waals surface area (Å²) in [4.78, 5) is 4.03. The van der Waals surface area contributed by atoms with Crippen LogP contribution >= 0.6 is 0 Å². The Balaban J connectivity index is 3.36. The Bertz CT molecular complexity index is 283. The van der Waals surface area contributed by atoms with Crippen LogP contribution in [-0.2, 0) is 0 Å². The Morgan fingerprint density at radius 3 is 2.90 bits per heavy atom. The molecule has 0 aromatic carbocycles. The van der Waals surface area contributed by atoms with E-state index in [1.165, 1.54) is 0 Å². The van der Waals surface area contributed by atoms with Gasteiger partial charge in [-0.3, -0.25) is 4.99 Å². The highest BCUT2D eigenvalue weighted by molar-refractivity contribution is 5.16. The predicted octanol–water partition coefficient (Wildman–Crippen LogP) is 1.12. The Kier molecular flexibility index (Phi) is 2.05. The van der Waals surface area contributed by atoms with Crippen molar-refractivity contribution >= 4 is 6.20 Å². The number of pyridine rings is 1. The molecule has 0 saturated carbocycles. The second-order valence-corrected chi connectivity index (χ2v) is 1.87. The SMILES string of the molecule is C=Cn1cccc/c1=N/C. The topological polar surface area (TPSA) is 17.3 Å². The summed E-state index contributed by atoms with van der Waals surface area (Å²) < 4.78 is 1.86. The van der Waals surface area contributed by atoms with E-state index in [1.54, 1.807) is 13.2 Å². The third kappa shape index (κ3) is 1.16. The van der Waals surface area contributed by atoms with E-state index in [2.05, 4.69) is 11.6 Å². The molecule has 2 nitrogen and oxygen atoms in total. The first-order chi connectivity index (χ1) is 4.88. The maximum atomic E-state index is 4.03. The molecule has 0 spiro atoms. The van der Waals surface area contributed by atoms with E-state index in [1.807, 2.05) is 29.0 Å². The van der Waals surface area contributed by atoms with Gasteiger partial charge < -0.3 is 4.57 Å². The van der Waals surface area contributed by atoms with Gasteiger partial charge in [0.2, 0.25) is 0 Å². The largest absolute Gasteiger partial charge is 0.310 e. The van der Waals surface area contributed by atoms with Gasteiger partial charge in [-0.15, -0.1) is 0 Å². The van der Waals surface area contributed by atoms with Crippen LogP contribution in [0.3, 0.4) is 0 Å².